The molecule has 0 atom stereocenters. The van der Waals surface area contributed by atoms with E-state index in [0.717, 1.165) is 96.3 Å². The molecule has 6 aromatic carbocycles. The van der Waals surface area contributed by atoms with Gasteiger partial charge < -0.3 is 52.2 Å². The Balaban J connectivity index is 0.000000181. The zero-order valence-electron chi connectivity index (χ0n) is 60.7. The van der Waals surface area contributed by atoms with Crippen LogP contribution in [0, 0.1) is 32.1 Å². The molecule has 12 aromatic rings. The van der Waals surface area contributed by atoms with Crippen molar-refractivity contribution in [3.63, 3.8) is 0 Å². The molecule has 0 spiro atoms. The SMILES string of the molecule is CCCc1cnc(-n2c(C)cc3c(C(N)=O)cccc32)nc1NCc1ccccc1.Cc1cc2c(C#N)cccc2n1-c1ncc(CN(C)C(=O)OC(C)(C)C)c(NCc2ccccc2)n1.Cc1cc2c(C(N)=O)cccc2n1-c1ncc(CN(C)C(=O)OC(C)(C)C)c(NCc2ccccc2)n1.O. The van der Waals surface area contributed by atoms with E-state index < -0.39 is 35.2 Å². The Morgan fingerprint density at radius 2 is 0.808 bits per heavy atom. The lowest BCUT2D eigenvalue weighted by molar-refractivity contribution is 0.0275. The van der Waals surface area contributed by atoms with E-state index in [-0.39, 0.29) is 18.6 Å². The van der Waals surface area contributed by atoms with Crippen molar-refractivity contribution < 1.29 is 34.1 Å². The molecule has 104 heavy (non-hydrogen) atoms. The van der Waals surface area contributed by atoms with Gasteiger partial charge in [-0.25, -0.2) is 24.5 Å². The molecule has 0 radical (unpaired) electrons. The van der Waals surface area contributed by atoms with Gasteiger partial charge in [0.25, 0.3) is 0 Å². The number of nitriles is 1. The van der Waals surface area contributed by atoms with Crippen LogP contribution in [-0.4, -0.2) is 108 Å². The summed E-state index contributed by atoms with van der Waals surface area (Å²) in [7, 11) is 3.37. The molecule has 4 amide bonds. The summed E-state index contributed by atoms with van der Waals surface area (Å²) in [6, 6.07) is 54.8. The Hall–Kier alpha value is -12.5. The number of aromatic nitrogens is 9. The van der Waals surface area contributed by atoms with E-state index in [9.17, 15) is 24.4 Å². The Labute approximate surface area is 605 Å². The number of anilines is 3. The molecule has 536 valence electrons. The van der Waals surface area contributed by atoms with Crippen molar-refractivity contribution in [3.8, 4) is 23.9 Å². The van der Waals surface area contributed by atoms with Crippen LogP contribution < -0.4 is 27.4 Å². The van der Waals surface area contributed by atoms with E-state index in [1.165, 1.54) is 15.4 Å². The molecule has 6 aromatic heterocycles. The Bertz CT molecular complexity index is 5070. The number of carbonyl (C=O) groups excluding carboxylic acids is 4. The number of hydrogen-bond donors (Lipinski definition) is 5. The zero-order chi connectivity index (χ0) is 73.7. The van der Waals surface area contributed by atoms with Crippen LogP contribution in [0.4, 0.5) is 27.0 Å². The van der Waals surface area contributed by atoms with Gasteiger partial charge in [-0.15, -0.1) is 0 Å². The second-order valence-electron chi connectivity index (χ2n) is 27.0. The third kappa shape index (κ3) is 18.5. The van der Waals surface area contributed by atoms with Crippen LogP contribution in [0.3, 0.4) is 0 Å². The summed E-state index contributed by atoms with van der Waals surface area (Å²) in [5.41, 5.74) is 22.7. The molecule has 9 N–H and O–H groups in total. The van der Waals surface area contributed by atoms with E-state index in [1.54, 1.807) is 50.8 Å². The van der Waals surface area contributed by atoms with E-state index >= 15 is 0 Å². The van der Waals surface area contributed by atoms with Crippen LogP contribution in [0.2, 0.25) is 0 Å². The molecule has 0 saturated heterocycles. The number of fused-ring (bicyclic) bond motifs is 3. The van der Waals surface area contributed by atoms with Gasteiger partial charge in [0.15, 0.2) is 0 Å². The Morgan fingerprint density at radius 1 is 0.481 bits per heavy atom. The van der Waals surface area contributed by atoms with Gasteiger partial charge in [-0.3, -0.25) is 23.3 Å². The standard InChI is InChI=1S/C28H32N6O3.C28H30N6O2.C24H25N5O.H2O/c1-18-14-22-21(24(29)35)12-9-13-23(22)34(18)26-31-16-20(17-33(5)27(36)37-28(2,3)4)25(32-26)30-15-19-10-7-6-8-11-19;1-19-14-23-21(15-29)12-9-13-24(23)34(19)26-31-17-22(18-33(5)27(35)36-28(2,3)4)25(32-26)30-16-20-10-7-6-8-11-20;1-3-8-18-15-27-24(28-23(18)26-14-17-9-5-4-6-10-17)29-16(2)13-20-19(22(25)30)11-7-12-21(20)29;/h6-14,16H,15,17H2,1-5H3,(H2,29,35)(H,30,31,32);6-14,17H,16,18H2,1-5H3,(H,30,31,32);4-7,9-13,15H,3,8,14H2,1-2H3,(H2,25,30)(H,26,27,28);1H2. The normalized spacial score (nSPS) is 11.1. The summed E-state index contributed by atoms with van der Waals surface area (Å²) in [6.07, 6.45) is 6.39. The summed E-state index contributed by atoms with van der Waals surface area (Å²) in [5, 5.41) is 22.2. The van der Waals surface area contributed by atoms with Crippen LogP contribution in [0.25, 0.3) is 50.6 Å². The van der Waals surface area contributed by atoms with Crippen LogP contribution in [0.15, 0.2) is 182 Å². The average molecular weight is 1400 g/mol. The van der Waals surface area contributed by atoms with Gasteiger partial charge in [-0.2, -0.15) is 20.2 Å². The number of hydrogen-bond acceptors (Lipinski definition) is 16. The van der Waals surface area contributed by atoms with Crippen LogP contribution in [0.5, 0.6) is 0 Å². The first-order valence-corrected chi connectivity index (χ1v) is 33.9. The van der Waals surface area contributed by atoms with Crippen molar-refractivity contribution in [2.24, 2.45) is 11.5 Å². The summed E-state index contributed by atoms with van der Waals surface area (Å²) in [4.78, 5) is 80.4. The Morgan fingerprint density at radius 3 is 1.14 bits per heavy atom. The first-order chi connectivity index (χ1) is 49.3. The molecule has 24 heteroatoms. The molecule has 12 rings (SSSR count). The minimum Gasteiger partial charge on any atom is -0.444 e. The fourth-order valence-electron chi connectivity index (χ4n) is 11.7. The summed E-state index contributed by atoms with van der Waals surface area (Å²) < 4.78 is 16.8. The Kier molecular flexibility index (Phi) is 24.3. The van der Waals surface area contributed by atoms with E-state index in [1.807, 2.05) is 210 Å². The lowest BCUT2D eigenvalue weighted by Crippen LogP contribution is -2.34. The molecule has 0 bridgehead atoms. The van der Waals surface area contributed by atoms with Gasteiger partial charge in [0.1, 0.15) is 28.7 Å². The minimum absolute atomic E-state index is 0. The van der Waals surface area contributed by atoms with Crippen LogP contribution in [0.1, 0.15) is 132 Å². The third-order valence-electron chi connectivity index (χ3n) is 16.5. The summed E-state index contributed by atoms with van der Waals surface area (Å²) in [5.74, 6) is 2.60. The van der Waals surface area contributed by atoms with Crippen LogP contribution >= 0.6 is 0 Å². The molecule has 24 nitrogen and oxygen atoms in total. The zero-order valence-corrected chi connectivity index (χ0v) is 60.7. The van der Waals surface area contributed by atoms with Gasteiger partial charge >= 0.3 is 12.2 Å². The minimum atomic E-state index is -0.600. The summed E-state index contributed by atoms with van der Waals surface area (Å²) in [6.45, 7) is 21.3. The molecule has 0 saturated carbocycles. The maximum absolute atomic E-state index is 12.6. The monoisotopic (exact) mass is 1400 g/mol. The number of aryl methyl sites for hydroxylation is 4. The first-order valence-electron chi connectivity index (χ1n) is 33.9. The van der Waals surface area contributed by atoms with Crippen molar-refractivity contribution in [2.75, 3.05) is 30.0 Å². The second kappa shape index (κ2) is 33.3. The largest absolute Gasteiger partial charge is 0.444 e. The van der Waals surface area contributed by atoms with Crippen molar-refractivity contribution in [3.05, 3.63) is 250 Å². The molecule has 6 heterocycles. The van der Waals surface area contributed by atoms with E-state index in [4.69, 9.17) is 35.9 Å². The number of nitrogens with zero attached hydrogens (tertiary/aromatic N) is 12. The third-order valence-corrected chi connectivity index (χ3v) is 16.5. The molecular weight excluding hydrogens is 1310 g/mol. The number of benzene rings is 6. The van der Waals surface area contributed by atoms with Crippen LogP contribution in [-0.2, 0) is 48.6 Å². The maximum Gasteiger partial charge on any atom is 0.410 e. The van der Waals surface area contributed by atoms with Gasteiger partial charge in [0.05, 0.1) is 41.3 Å². The highest BCUT2D eigenvalue weighted by molar-refractivity contribution is 6.07. The highest BCUT2D eigenvalue weighted by Gasteiger charge is 2.25. The smallest absolute Gasteiger partial charge is 0.410 e. The predicted octanol–water partition coefficient (Wildman–Crippen LogP) is 14.0. The van der Waals surface area contributed by atoms with E-state index in [2.05, 4.69) is 56.0 Å². The van der Waals surface area contributed by atoms with Crippen molar-refractivity contribution in [1.29, 1.82) is 5.26 Å². The molecular formula is C80H89N17O7. The lowest BCUT2D eigenvalue weighted by atomic mass is 10.1. The highest BCUT2D eigenvalue weighted by atomic mass is 16.6. The topological polar surface area (TPSA) is 329 Å². The van der Waals surface area contributed by atoms with Gasteiger partial charge in [-0.1, -0.05) is 123 Å². The fourth-order valence-corrected chi connectivity index (χ4v) is 11.7. The van der Waals surface area contributed by atoms with Gasteiger partial charge in [0.2, 0.25) is 29.7 Å². The van der Waals surface area contributed by atoms with Gasteiger partial charge in [0, 0.05) is 113 Å². The number of nitrogens with two attached hydrogens (primary N) is 2. The molecule has 0 unspecified atom stereocenters. The average Bonchev–Trinajstić information content (AvgIpc) is 1.62. The number of carbonyl (C=O) groups is 4. The quantitative estimate of drug-likeness (QED) is 0.0473. The van der Waals surface area contributed by atoms with Gasteiger partial charge in [-0.05, 0) is 140 Å². The first kappa shape index (κ1) is 75.7. The van der Waals surface area contributed by atoms with Crippen molar-refractivity contribution in [2.45, 2.75) is 126 Å². The molecule has 0 aliphatic rings. The maximum atomic E-state index is 12.6. The van der Waals surface area contributed by atoms with Crippen molar-refractivity contribution in [1.82, 2.24) is 53.4 Å². The molecule has 0 aliphatic carbocycles. The number of ether oxygens (including phenoxy) is 2. The number of nitrogens with one attached hydrogen (secondary N) is 3. The second-order valence-corrected chi connectivity index (χ2v) is 27.0. The number of amides is 4. The predicted molar refractivity (Wildman–Crippen MR) is 407 cm³/mol. The molecule has 0 fully saturated rings. The summed E-state index contributed by atoms with van der Waals surface area (Å²) >= 11 is 0. The van der Waals surface area contributed by atoms with Crippen molar-refractivity contribution >= 4 is 74.2 Å². The number of rotatable bonds is 20. The highest BCUT2D eigenvalue weighted by Crippen LogP contribution is 2.31. The lowest BCUT2D eigenvalue weighted by Gasteiger charge is -2.25. The number of primary amides is 2. The van der Waals surface area contributed by atoms with E-state index in [0.29, 0.717) is 65.8 Å². The fraction of sp³-hybridized carbons (Fsp3) is 0.263. The molecule has 0 aliphatic heterocycles.